The molecule has 0 spiro atoms. The van der Waals surface area contributed by atoms with Crippen molar-refractivity contribution < 1.29 is 13.2 Å². The molecule has 0 aliphatic carbocycles. The van der Waals surface area contributed by atoms with Gasteiger partial charge in [0.15, 0.2) is 0 Å². The van der Waals surface area contributed by atoms with Gasteiger partial charge >= 0.3 is 0 Å². The fraction of sp³-hybridized carbons (Fsp3) is 0.278. The van der Waals surface area contributed by atoms with Gasteiger partial charge < -0.3 is 10.6 Å². The average Bonchev–Trinajstić information content (AvgIpc) is 2.55. The fourth-order valence-corrected chi connectivity index (χ4v) is 4.00. The Hall–Kier alpha value is -2.34. The number of nitrogens with one attached hydrogen (secondary N) is 2. The van der Waals surface area contributed by atoms with E-state index < -0.39 is 9.84 Å². The third-order valence-corrected chi connectivity index (χ3v) is 5.74. The first-order chi connectivity index (χ1) is 11.3. The normalized spacial score (nSPS) is 11.2. The first-order valence-electron chi connectivity index (χ1n) is 7.63. The van der Waals surface area contributed by atoms with E-state index >= 15 is 0 Å². The smallest absolute Gasteiger partial charge is 0.239 e. The van der Waals surface area contributed by atoms with Crippen LogP contribution in [0.3, 0.4) is 0 Å². The third-order valence-electron chi connectivity index (χ3n) is 3.84. The van der Waals surface area contributed by atoms with Gasteiger partial charge in [-0.25, -0.2) is 8.42 Å². The molecule has 0 bridgehead atoms. The van der Waals surface area contributed by atoms with Crippen molar-refractivity contribution in [2.24, 2.45) is 0 Å². The summed E-state index contributed by atoms with van der Waals surface area (Å²) >= 11 is 0. The lowest BCUT2D eigenvalue weighted by Gasteiger charge is -2.15. The second-order valence-electron chi connectivity index (χ2n) is 5.78. The minimum absolute atomic E-state index is 0.0881. The lowest BCUT2D eigenvalue weighted by molar-refractivity contribution is -0.118. The van der Waals surface area contributed by atoms with E-state index in [4.69, 9.17) is 0 Å². The van der Waals surface area contributed by atoms with Crippen LogP contribution < -0.4 is 10.6 Å². The van der Waals surface area contributed by atoms with Gasteiger partial charge in [-0.1, -0.05) is 17.7 Å². The summed E-state index contributed by atoms with van der Waals surface area (Å²) in [5.41, 5.74) is 3.06. The molecule has 0 aliphatic rings. The van der Waals surface area contributed by atoms with Gasteiger partial charge in [0.25, 0.3) is 0 Å². The molecule has 0 heterocycles. The number of anilines is 1. The van der Waals surface area contributed by atoms with Gasteiger partial charge in [-0.3, -0.25) is 4.79 Å². The van der Waals surface area contributed by atoms with Gasteiger partial charge in [0.2, 0.25) is 15.7 Å². The van der Waals surface area contributed by atoms with Crippen LogP contribution in [0, 0.1) is 20.8 Å². The SMILES string of the molecule is CNC(=O)CNc1cc(C)cc(S(=O)(=O)c2ccc(C)cc2)c1C. The summed E-state index contributed by atoms with van der Waals surface area (Å²) in [6.07, 6.45) is 0. The zero-order valence-corrected chi connectivity index (χ0v) is 15.1. The number of aryl methyl sites for hydroxylation is 2. The van der Waals surface area contributed by atoms with Crippen molar-refractivity contribution in [3.05, 3.63) is 53.1 Å². The topological polar surface area (TPSA) is 75.3 Å². The minimum atomic E-state index is -3.62. The molecule has 2 aromatic rings. The maximum Gasteiger partial charge on any atom is 0.239 e. The molecule has 0 atom stereocenters. The number of benzene rings is 2. The minimum Gasteiger partial charge on any atom is -0.376 e. The summed E-state index contributed by atoms with van der Waals surface area (Å²) in [5.74, 6) is -0.168. The number of rotatable bonds is 5. The molecule has 24 heavy (non-hydrogen) atoms. The second-order valence-corrected chi connectivity index (χ2v) is 7.70. The van der Waals surface area contributed by atoms with E-state index in [1.54, 1.807) is 44.3 Å². The lowest BCUT2D eigenvalue weighted by Crippen LogP contribution is -2.26. The Morgan fingerprint density at radius 1 is 1.00 bits per heavy atom. The van der Waals surface area contributed by atoms with Crippen LogP contribution in [0.5, 0.6) is 0 Å². The van der Waals surface area contributed by atoms with Crippen LogP contribution in [-0.2, 0) is 14.6 Å². The number of carbonyl (C=O) groups excluding carboxylic acids is 1. The first-order valence-corrected chi connectivity index (χ1v) is 9.11. The van der Waals surface area contributed by atoms with Crippen LogP contribution in [-0.4, -0.2) is 27.9 Å². The molecule has 6 heteroatoms. The van der Waals surface area contributed by atoms with Crippen LogP contribution in [0.4, 0.5) is 5.69 Å². The zero-order chi connectivity index (χ0) is 17.9. The fourth-order valence-electron chi connectivity index (χ4n) is 2.40. The number of hydrogen-bond donors (Lipinski definition) is 2. The predicted molar refractivity (Wildman–Crippen MR) is 95.1 cm³/mol. The van der Waals surface area contributed by atoms with Crippen LogP contribution in [0.1, 0.15) is 16.7 Å². The van der Waals surface area contributed by atoms with Crippen molar-refractivity contribution in [2.45, 2.75) is 30.6 Å². The molecule has 128 valence electrons. The van der Waals surface area contributed by atoms with Gasteiger partial charge in [0, 0.05) is 12.7 Å². The Kier molecular flexibility index (Phi) is 5.29. The largest absolute Gasteiger partial charge is 0.376 e. The van der Waals surface area contributed by atoms with Gasteiger partial charge in [0.1, 0.15) is 0 Å². The van der Waals surface area contributed by atoms with Gasteiger partial charge in [-0.05, 0) is 56.2 Å². The van der Waals surface area contributed by atoms with Crippen LogP contribution >= 0.6 is 0 Å². The number of hydrogen-bond acceptors (Lipinski definition) is 4. The molecule has 0 unspecified atom stereocenters. The van der Waals surface area contributed by atoms with E-state index in [-0.39, 0.29) is 22.2 Å². The highest BCUT2D eigenvalue weighted by atomic mass is 32.2. The molecule has 1 amide bonds. The predicted octanol–water partition coefficient (Wildman–Crippen LogP) is 2.60. The Morgan fingerprint density at radius 2 is 1.62 bits per heavy atom. The van der Waals surface area contributed by atoms with E-state index in [9.17, 15) is 13.2 Å². The Bertz CT molecular complexity index is 857. The van der Waals surface area contributed by atoms with Crippen LogP contribution in [0.25, 0.3) is 0 Å². The highest BCUT2D eigenvalue weighted by Gasteiger charge is 2.22. The lowest BCUT2D eigenvalue weighted by atomic mass is 10.1. The molecule has 2 rings (SSSR count). The summed E-state index contributed by atoms with van der Waals surface area (Å²) in [4.78, 5) is 11.9. The quantitative estimate of drug-likeness (QED) is 0.873. The molecular weight excluding hydrogens is 324 g/mol. The van der Waals surface area contributed by atoms with Gasteiger partial charge in [-0.2, -0.15) is 0 Å². The maximum atomic E-state index is 13.0. The van der Waals surface area contributed by atoms with Gasteiger partial charge in [-0.15, -0.1) is 0 Å². The zero-order valence-electron chi connectivity index (χ0n) is 14.3. The number of sulfone groups is 1. The number of likely N-dealkylation sites (N-methyl/N-ethyl adjacent to an activating group) is 1. The summed E-state index contributed by atoms with van der Waals surface area (Å²) in [5, 5.41) is 5.53. The molecule has 0 saturated carbocycles. The molecule has 2 aromatic carbocycles. The standard InChI is InChI=1S/C18H22N2O3S/c1-12-5-7-15(8-6-12)24(22,23)17-10-13(2)9-16(14(17)3)20-11-18(21)19-4/h5-10,20H,11H2,1-4H3,(H,19,21). The maximum absolute atomic E-state index is 13.0. The molecule has 5 nitrogen and oxygen atoms in total. The summed E-state index contributed by atoms with van der Waals surface area (Å²) in [6, 6.07) is 10.3. The first kappa shape index (κ1) is 18.0. The highest BCUT2D eigenvalue weighted by Crippen LogP contribution is 2.30. The Labute approximate surface area is 143 Å². The van der Waals surface area contributed by atoms with E-state index in [2.05, 4.69) is 10.6 Å². The van der Waals surface area contributed by atoms with Gasteiger partial charge in [0.05, 0.1) is 16.3 Å². The summed E-state index contributed by atoms with van der Waals surface area (Å²) in [6.45, 7) is 5.57. The average molecular weight is 346 g/mol. The molecule has 2 N–H and O–H groups in total. The van der Waals surface area contributed by atoms with Crippen LogP contribution in [0.2, 0.25) is 0 Å². The molecule has 0 aliphatic heterocycles. The van der Waals surface area contributed by atoms with Crippen molar-refractivity contribution in [2.75, 3.05) is 18.9 Å². The molecule has 0 radical (unpaired) electrons. The van der Waals surface area contributed by atoms with E-state index in [1.165, 1.54) is 0 Å². The summed E-state index contributed by atoms with van der Waals surface area (Å²) < 4.78 is 25.9. The summed E-state index contributed by atoms with van der Waals surface area (Å²) in [7, 11) is -2.06. The number of amides is 1. The molecule has 0 saturated heterocycles. The molecule has 0 fully saturated rings. The number of carbonyl (C=O) groups is 1. The third kappa shape index (κ3) is 3.76. The van der Waals surface area contributed by atoms with Crippen molar-refractivity contribution >= 4 is 21.4 Å². The van der Waals surface area contributed by atoms with E-state index in [0.717, 1.165) is 11.1 Å². The van der Waals surface area contributed by atoms with Crippen LogP contribution in [0.15, 0.2) is 46.2 Å². The van der Waals surface area contributed by atoms with Crippen molar-refractivity contribution in [3.8, 4) is 0 Å². The highest BCUT2D eigenvalue weighted by molar-refractivity contribution is 7.91. The Balaban J connectivity index is 2.48. The van der Waals surface area contributed by atoms with Crippen molar-refractivity contribution in [1.29, 1.82) is 0 Å². The van der Waals surface area contributed by atoms with E-state index in [1.807, 2.05) is 19.9 Å². The second kappa shape index (κ2) is 7.05. The monoisotopic (exact) mass is 346 g/mol. The van der Waals surface area contributed by atoms with E-state index in [0.29, 0.717) is 11.3 Å². The van der Waals surface area contributed by atoms with Crippen molar-refractivity contribution in [1.82, 2.24) is 5.32 Å². The Morgan fingerprint density at radius 3 is 2.21 bits per heavy atom. The molecular formula is C18H22N2O3S. The molecule has 0 aromatic heterocycles. The van der Waals surface area contributed by atoms with Crippen molar-refractivity contribution in [3.63, 3.8) is 0 Å².